The minimum Gasteiger partial charge on any atom is -0.504 e. The highest BCUT2D eigenvalue weighted by molar-refractivity contribution is 5.83. The number of phenols is 1. The van der Waals surface area contributed by atoms with Crippen molar-refractivity contribution in [2.24, 2.45) is 0 Å². The van der Waals surface area contributed by atoms with Crippen LogP contribution < -0.4 is 4.74 Å². The Hall–Kier alpha value is -1.71. The van der Waals surface area contributed by atoms with Gasteiger partial charge >= 0.3 is 0 Å². The highest BCUT2D eigenvalue weighted by Gasteiger charge is 2.05. The molecule has 0 bridgehead atoms. The summed E-state index contributed by atoms with van der Waals surface area (Å²) >= 11 is 0. The number of hydrogen-bond acceptors (Lipinski definition) is 2. The topological polar surface area (TPSA) is 45.2 Å². The van der Waals surface area contributed by atoms with Gasteiger partial charge in [0.2, 0.25) is 0 Å². The largest absolute Gasteiger partial charge is 0.504 e. The predicted molar refractivity (Wildman–Crippen MR) is 56.1 cm³/mol. The Balaban J connectivity index is 2.22. The molecule has 0 fully saturated rings. The molecule has 0 saturated carbocycles. The standard InChI is InChI=1S/C11H12FNO2/c12-3-1-5-15-11-7-9-8(2-4-13-9)6-10(11)14/h2,4,6-7,13-14H,1,3,5H2. The van der Waals surface area contributed by atoms with Gasteiger partial charge in [0.15, 0.2) is 11.5 Å². The molecule has 1 aromatic heterocycles. The van der Waals surface area contributed by atoms with Crippen LogP contribution >= 0.6 is 0 Å². The number of hydrogen-bond donors (Lipinski definition) is 2. The number of phenolic OH excluding ortho intramolecular Hbond substituents is 1. The Kier molecular flexibility index (Phi) is 2.76. The monoisotopic (exact) mass is 209 g/mol. The molecule has 3 nitrogen and oxygen atoms in total. The van der Waals surface area contributed by atoms with Crippen LogP contribution in [0, 0.1) is 0 Å². The van der Waals surface area contributed by atoms with Crippen molar-refractivity contribution in [2.75, 3.05) is 13.3 Å². The van der Waals surface area contributed by atoms with Crippen molar-refractivity contribution in [3.63, 3.8) is 0 Å². The van der Waals surface area contributed by atoms with E-state index < -0.39 is 6.67 Å². The van der Waals surface area contributed by atoms with Crippen molar-refractivity contribution in [2.45, 2.75) is 6.42 Å². The molecule has 2 N–H and O–H groups in total. The van der Waals surface area contributed by atoms with E-state index in [-0.39, 0.29) is 12.4 Å². The Labute approximate surface area is 86.5 Å². The molecule has 1 heterocycles. The summed E-state index contributed by atoms with van der Waals surface area (Å²) in [7, 11) is 0. The van der Waals surface area contributed by atoms with E-state index in [1.807, 2.05) is 6.07 Å². The SMILES string of the molecule is Oc1cc2cc[nH]c2cc1OCCCF. The number of nitrogens with one attached hydrogen (secondary N) is 1. The second-order valence-corrected chi connectivity index (χ2v) is 3.28. The van der Waals surface area contributed by atoms with Gasteiger partial charge in [-0.2, -0.15) is 0 Å². The van der Waals surface area contributed by atoms with E-state index in [0.29, 0.717) is 12.2 Å². The van der Waals surface area contributed by atoms with Gasteiger partial charge in [0.25, 0.3) is 0 Å². The number of fused-ring (bicyclic) bond motifs is 1. The molecule has 0 radical (unpaired) electrons. The molecule has 0 saturated heterocycles. The molecule has 15 heavy (non-hydrogen) atoms. The normalized spacial score (nSPS) is 10.7. The maximum Gasteiger partial charge on any atom is 0.163 e. The van der Waals surface area contributed by atoms with Crippen LogP contribution in [0.15, 0.2) is 24.4 Å². The molecule has 0 amide bonds. The third-order valence-corrected chi connectivity index (χ3v) is 2.17. The second kappa shape index (κ2) is 4.21. The summed E-state index contributed by atoms with van der Waals surface area (Å²) in [5, 5.41) is 10.5. The van der Waals surface area contributed by atoms with Gasteiger partial charge in [0, 0.05) is 29.6 Å². The summed E-state index contributed by atoms with van der Waals surface area (Å²) in [6.45, 7) is -0.137. The van der Waals surface area contributed by atoms with Gasteiger partial charge in [-0.1, -0.05) is 0 Å². The lowest BCUT2D eigenvalue weighted by Gasteiger charge is -2.06. The van der Waals surface area contributed by atoms with Crippen molar-refractivity contribution >= 4 is 10.9 Å². The summed E-state index contributed by atoms with van der Waals surface area (Å²) in [6, 6.07) is 5.19. The first-order chi connectivity index (χ1) is 7.31. The summed E-state index contributed by atoms with van der Waals surface area (Å²) < 4.78 is 17.1. The van der Waals surface area contributed by atoms with Crippen LogP contribution in [0.3, 0.4) is 0 Å². The number of rotatable bonds is 4. The molecule has 0 aliphatic carbocycles. The highest BCUT2D eigenvalue weighted by Crippen LogP contribution is 2.30. The maximum absolute atomic E-state index is 11.9. The van der Waals surface area contributed by atoms with Crippen LogP contribution in [0.5, 0.6) is 11.5 Å². The number of aromatic amines is 1. The average Bonchev–Trinajstić information content (AvgIpc) is 2.65. The molecule has 0 atom stereocenters. The minimum atomic E-state index is -0.411. The molecule has 0 unspecified atom stereocenters. The lowest BCUT2D eigenvalue weighted by Crippen LogP contribution is -1.98. The summed E-state index contributed by atoms with van der Waals surface area (Å²) in [5.41, 5.74) is 0.892. The van der Waals surface area contributed by atoms with Crippen molar-refractivity contribution < 1.29 is 14.2 Å². The molecule has 0 aliphatic rings. The first-order valence-corrected chi connectivity index (χ1v) is 4.80. The Bertz CT molecular complexity index is 453. The van der Waals surface area contributed by atoms with E-state index in [1.54, 1.807) is 18.3 Å². The van der Waals surface area contributed by atoms with Gasteiger partial charge in [0.05, 0.1) is 13.3 Å². The van der Waals surface area contributed by atoms with Crippen LogP contribution in [-0.4, -0.2) is 23.4 Å². The number of aromatic hydroxyl groups is 1. The first kappa shape index (κ1) is 9.83. The van der Waals surface area contributed by atoms with E-state index in [1.165, 1.54) is 0 Å². The molecule has 2 aromatic rings. The number of alkyl halides is 1. The fraction of sp³-hybridized carbons (Fsp3) is 0.273. The first-order valence-electron chi connectivity index (χ1n) is 4.80. The zero-order chi connectivity index (χ0) is 10.7. The Morgan fingerprint density at radius 2 is 2.27 bits per heavy atom. The number of ether oxygens (including phenoxy) is 1. The van der Waals surface area contributed by atoms with E-state index in [0.717, 1.165) is 10.9 Å². The third kappa shape index (κ3) is 2.03. The van der Waals surface area contributed by atoms with Gasteiger partial charge in [0.1, 0.15) is 0 Å². The van der Waals surface area contributed by atoms with Gasteiger partial charge in [-0.3, -0.25) is 4.39 Å². The van der Waals surface area contributed by atoms with E-state index in [4.69, 9.17) is 4.74 Å². The number of benzene rings is 1. The molecular weight excluding hydrogens is 197 g/mol. The fourth-order valence-electron chi connectivity index (χ4n) is 1.42. The van der Waals surface area contributed by atoms with E-state index in [2.05, 4.69) is 4.98 Å². The number of halogens is 1. The van der Waals surface area contributed by atoms with Crippen LogP contribution in [0.25, 0.3) is 10.9 Å². The predicted octanol–water partition coefficient (Wildman–Crippen LogP) is 2.61. The third-order valence-electron chi connectivity index (χ3n) is 2.17. The number of H-pyrrole nitrogens is 1. The number of aromatic nitrogens is 1. The quantitative estimate of drug-likeness (QED) is 0.760. The maximum atomic E-state index is 11.9. The van der Waals surface area contributed by atoms with Gasteiger partial charge in [-0.15, -0.1) is 0 Å². The highest BCUT2D eigenvalue weighted by atomic mass is 19.1. The molecule has 0 spiro atoms. The zero-order valence-electron chi connectivity index (χ0n) is 8.16. The van der Waals surface area contributed by atoms with Gasteiger partial charge < -0.3 is 14.8 Å². The minimum absolute atomic E-state index is 0.0842. The van der Waals surface area contributed by atoms with Crippen molar-refractivity contribution in [3.8, 4) is 11.5 Å². The lowest BCUT2D eigenvalue weighted by atomic mass is 10.2. The van der Waals surface area contributed by atoms with Crippen LogP contribution in [0.4, 0.5) is 4.39 Å². The van der Waals surface area contributed by atoms with Crippen molar-refractivity contribution in [1.82, 2.24) is 4.98 Å². The molecular formula is C11H12FNO2. The Morgan fingerprint density at radius 3 is 3.07 bits per heavy atom. The van der Waals surface area contributed by atoms with E-state index >= 15 is 0 Å². The Morgan fingerprint density at radius 1 is 1.40 bits per heavy atom. The molecule has 0 aliphatic heterocycles. The molecule has 2 rings (SSSR count). The molecule has 4 heteroatoms. The van der Waals surface area contributed by atoms with Gasteiger partial charge in [-0.05, 0) is 12.1 Å². The van der Waals surface area contributed by atoms with Crippen LogP contribution in [0.1, 0.15) is 6.42 Å². The summed E-state index contributed by atoms with van der Waals surface area (Å²) in [5.74, 6) is 0.472. The van der Waals surface area contributed by atoms with Crippen LogP contribution in [0.2, 0.25) is 0 Å². The fourth-order valence-corrected chi connectivity index (χ4v) is 1.42. The summed E-state index contributed by atoms with van der Waals surface area (Å²) in [6.07, 6.45) is 2.12. The smallest absolute Gasteiger partial charge is 0.163 e. The molecule has 1 aromatic carbocycles. The van der Waals surface area contributed by atoms with Crippen LogP contribution in [-0.2, 0) is 0 Å². The van der Waals surface area contributed by atoms with Gasteiger partial charge in [-0.25, -0.2) is 0 Å². The second-order valence-electron chi connectivity index (χ2n) is 3.28. The van der Waals surface area contributed by atoms with Crippen molar-refractivity contribution in [3.05, 3.63) is 24.4 Å². The lowest BCUT2D eigenvalue weighted by molar-refractivity contribution is 0.277. The van der Waals surface area contributed by atoms with E-state index in [9.17, 15) is 9.50 Å². The molecule has 80 valence electrons. The zero-order valence-corrected chi connectivity index (χ0v) is 8.16. The summed E-state index contributed by atoms with van der Waals surface area (Å²) in [4.78, 5) is 3.01. The van der Waals surface area contributed by atoms with Crippen molar-refractivity contribution in [1.29, 1.82) is 0 Å². The average molecular weight is 209 g/mol.